The number of carbonyl (C=O) groups excluding carboxylic acids is 1. The third-order valence-corrected chi connectivity index (χ3v) is 3.38. The molecule has 1 aliphatic carbocycles. The molecule has 1 aliphatic rings. The highest BCUT2D eigenvalue weighted by molar-refractivity contribution is 5.98. The Morgan fingerprint density at radius 2 is 2.33 bits per heavy atom. The zero-order chi connectivity index (χ0) is 15.2. The molecule has 0 radical (unpaired) electrons. The lowest BCUT2D eigenvalue weighted by Gasteiger charge is -2.17. The number of carbonyl (C=O) groups is 1. The lowest BCUT2D eigenvalue weighted by atomic mass is 10.1. The van der Waals surface area contributed by atoms with Crippen LogP contribution in [0, 0.1) is 5.92 Å². The second kappa shape index (κ2) is 6.97. The van der Waals surface area contributed by atoms with Gasteiger partial charge in [0.25, 0.3) is 5.91 Å². The average Bonchev–Trinajstić information content (AvgIpc) is 3.34. The molecule has 1 atom stereocenters. The monoisotopic (exact) mass is 291 g/mol. The molecular formula is C15H21N3O3. The van der Waals surface area contributed by atoms with E-state index in [0.29, 0.717) is 17.9 Å². The Kier molecular flexibility index (Phi) is 5.03. The van der Waals surface area contributed by atoms with Crippen LogP contribution in [-0.2, 0) is 0 Å². The highest BCUT2D eigenvalue weighted by Gasteiger charge is 2.35. The lowest BCUT2D eigenvalue weighted by molar-refractivity contribution is 0.0942. The van der Waals surface area contributed by atoms with Crippen LogP contribution in [0.2, 0.25) is 0 Å². The molecule has 0 bridgehead atoms. The summed E-state index contributed by atoms with van der Waals surface area (Å²) in [7, 11) is 0. The standard InChI is InChI=1S/C15H21N3O3/c1-2-8-21-12-5-3-4-11(9-12)15(19)17-13(10-6-7-10)14(16)18-20/h3-5,9-10,13,20H,2,6-8H2,1H3,(H2,16,18)(H,17,19). The van der Waals surface area contributed by atoms with Crippen LogP contribution in [0.15, 0.2) is 29.4 Å². The number of rotatable bonds is 7. The van der Waals surface area contributed by atoms with E-state index < -0.39 is 6.04 Å². The molecule has 0 saturated heterocycles. The average molecular weight is 291 g/mol. The van der Waals surface area contributed by atoms with Gasteiger partial charge in [-0.2, -0.15) is 0 Å². The highest BCUT2D eigenvalue weighted by Crippen LogP contribution is 2.32. The molecule has 0 aromatic heterocycles. The number of hydrogen-bond acceptors (Lipinski definition) is 4. The third-order valence-electron chi connectivity index (χ3n) is 3.38. The fraction of sp³-hybridized carbons (Fsp3) is 0.467. The van der Waals surface area contributed by atoms with E-state index in [1.807, 2.05) is 13.0 Å². The van der Waals surface area contributed by atoms with Crippen molar-refractivity contribution < 1.29 is 14.7 Å². The Hall–Kier alpha value is -2.24. The SMILES string of the molecule is CCCOc1cccc(C(=O)NC(C(N)=NO)C2CC2)c1. The first-order valence-electron chi connectivity index (χ1n) is 7.16. The first-order valence-corrected chi connectivity index (χ1v) is 7.16. The van der Waals surface area contributed by atoms with Gasteiger partial charge in [-0.25, -0.2) is 0 Å². The van der Waals surface area contributed by atoms with E-state index >= 15 is 0 Å². The summed E-state index contributed by atoms with van der Waals surface area (Å²) in [6, 6.07) is 6.58. The Morgan fingerprint density at radius 3 is 2.95 bits per heavy atom. The number of nitrogens with zero attached hydrogens (tertiary/aromatic N) is 1. The molecule has 0 heterocycles. The van der Waals surface area contributed by atoms with Crippen LogP contribution in [0.1, 0.15) is 36.5 Å². The number of amidine groups is 1. The van der Waals surface area contributed by atoms with Gasteiger partial charge >= 0.3 is 0 Å². The van der Waals surface area contributed by atoms with Crippen molar-refractivity contribution in [3.05, 3.63) is 29.8 Å². The molecule has 21 heavy (non-hydrogen) atoms. The first-order chi connectivity index (χ1) is 10.2. The van der Waals surface area contributed by atoms with Gasteiger partial charge in [-0.15, -0.1) is 0 Å². The van der Waals surface area contributed by atoms with E-state index in [9.17, 15) is 4.79 Å². The van der Waals surface area contributed by atoms with Crippen LogP contribution in [0.3, 0.4) is 0 Å². The summed E-state index contributed by atoms with van der Waals surface area (Å²) < 4.78 is 5.51. The van der Waals surface area contributed by atoms with Gasteiger partial charge in [0.15, 0.2) is 5.84 Å². The molecule has 1 fully saturated rings. The van der Waals surface area contributed by atoms with Crippen LogP contribution >= 0.6 is 0 Å². The minimum Gasteiger partial charge on any atom is -0.494 e. The molecule has 1 saturated carbocycles. The minimum atomic E-state index is -0.414. The Morgan fingerprint density at radius 1 is 1.57 bits per heavy atom. The van der Waals surface area contributed by atoms with Crippen molar-refractivity contribution in [1.29, 1.82) is 0 Å². The largest absolute Gasteiger partial charge is 0.494 e. The van der Waals surface area contributed by atoms with Crippen molar-refractivity contribution >= 4 is 11.7 Å². The van der Waals surface area contributed by atoms with Gasteiger partial charge in [0.1, 0.15) is 5.75 Å². The normalized spacial score (nSPS) is 16.3. The summed E-state index contributed by atoms with van der Waals surface area (Å²) in [5, 5.41) is 14.6. The summed E-state index contributed by atoms with van der Waals surface area (Å²) in [5.74, 6) is 0.713. The van der Waals surface area contributed by atoms with Crippen LogP contribution < -0.4 is 15.8 Å². The maximum absolute atomic E-state index is 12.3. The van der Waals surface area contributed by atoms with E-state index in [0.717, 1.165) is 19.3 Å². The van der Waals surface area contributed by atoms with Gasteiger partial charge in [-0.05, 0) is 43.4 Å². The fourth-order valence-corrected chi connectivity index (χ4v) is 2.10. The second-order valence-electron chi connectivity index (χ2n) is 5.19. The number of ether oxygens (including phenoxy) is 1. The molecule has 1 unspecified atom stereocenters. The number of benzene rings is 1. The maximum atomic E-state index is 12.3. The number of nitrogens with two attached hydrogens (primary N) is 1. The molecule has 1 amide bonds. The van der Waals surface area contributed by atoms with E-state index in [2.05, 4.69) is 10.5 Å². The van der Waals surface area contributed by atoms with Crippen molar-refractivity contribution in [1.82, 2.24) is 5.32 Å². The van der Waals surface area contributed by atoms with Gasteiger partial charge < -0.3 is 21.0 Å². The zero-order valence-corrected chi connectivity index (χ0v) is 12.1. The molecule has 6 nitrogen and oxygen atoms in total. The van der Waals surface area contributed by atoms with Gasteiger partial charge in [-0.3, -0.25) is 4.79 Å². The maximum Gasteiger partial charge on any atom is 0.252 e. The number of hydrogen-bond donors (Lipinski definition) is 3. The smallest absolute Gasteiger partial charge is 0.252 e. The van der Waals surface area contributed by atoms with Crippen molar-refractivity contribution in [2.45, 2.75) is 32.2 Å². The third kappa shape index (κ3) is 4.11. The number of nitrogens with one attached hydrogen (secondary N) is 1. The van der Waals surface area contributed by atoms with E-state index in [1.165, 1.54) is 0 Å². The van der Waals surface area contributed by atoms with E-state index in [4.69, 9.17) is 15.7 Å². The highest BCUT2D eigenvalue weighted by atomic mass is 16.5. The van der Waals surface area contributed by atoms with Crippen molar-refractivity contribution in [2.24, 2.45) is 16.8 Å². The predicted octanol–water partition coefficient (Wildman–Crippen LogP) is 1.73. The van der Waals surface area contributed by atoms with Gasteiger partial charge in [0.2, 0.25) is 0 Å². The molecule has 0 aliphatic heterocycles. The second-order valence-corrected chi connectivity index (χ2v) is 5.19. The predicted molar refractivity (Wildman–Crippen MR) is 79.6 cm³/mol. The molecule has 1 aromatic rings. The van der Waals surface area contributed by atoms with E-state index in [-0.39, 0.29) is 17.7 Å². The molecule has 0 spiro atoms. The van der Waals surface area contributed by atoms with Crippen LogP contribution in [0.4, 0.5) is 0 Å². The van der Waals surface area contributed by atoms with Gasteiger partial charge in [0.05, 0.1) is 12.6 Å². The molecule has 2 rings (SSSR count). The summed E-state index contributed by atoms with van der Waals surface area (Å²) in [6.07, 6.45) is 2.85. The molecule has 4 N–H and O–H groups in total. The Labute approximate surface area is 124 Å². The molecular weight excluding hydrogens is 270 g/mol. The van der Waals surface area contributed by atoms with Gasteiger partial charge in [-0.1, -0.05) is 18.1 Å². The Balaban J connectivity index is 2.05. The zero-order valence-electron chi connectivity index (χ0n) is 12.1. The summed E-state index contributed by atoms with van der Waals surface area (Å²) >= 11 is 0. The minimum absolute atomic E-state index is 0.0456. The van der Waals surface area contributed by atoms with Crippen LogP contribution in [0.5, 0.6) is 5.75 Å². The summed E-state index contributed by atoms with van der Waals surface area (Å²) in [5.41, 5.74) is 6.14. The molecule has 6 heteroatoms. The molecule has 1 aromatic carbocycles. The summed E-state index contributed by atoms with van der Waals surface area (Å²) in [4.78, 5) is 12.3. The van der Waals surface area contributed by atoms with Crippen LogP contribution in [0.25, 0.3) is 0 Å². The van der Waals surface area contributed by atoms with Crippen LogP contribution in [-0.4, -0.2) is 29.6 Å². The topological polar surface area (TPSA) is 96.9 Å². The fourth-order valence-electron chi connectivity index (χ4n) is 2.10. The first kappa shape index (κ1) is 15.2. The van der Waals surface area contributed by atoms with E-state index in [1.54, 1.807) is 18.2 Å². The quantitative estimate of drug-likeness (QED) is 0.308. The lowest BCUT2D eigenvalue weighted by Crippen LogP contribution is -2.46. The van der Waals surface area contributed by atoms with Gasteiger partial charge in [0, 0.05) is 5.56 Å². The molecule has 114 valence electrons. The van der Waals surface area contributed by atoms with Crippen molar-refractivity contribution in [2.75, 3.05) is 6.61 Å². The number of amides is 1. The number of oxime groups is 1. The van der Waals surface area contributed by atoms with Crippen molar-refractivity contribution in [3.8, 4) is 5.75 Å². The summed E-state index contributed by atoms with van der Waals surface area (Å²) in [6.45, 7) is 2.63. The van der Waals surface area contributed by atoms with Crippen molar-refractivity contribution in [3.63, 3.8) is 0 Å². The Bertz CT molecular complexity index is 527.